The third-order valence-electron chi connectivity index (χ3n) is 1.87. The van der Waals surface area contributed by atoms with Crippen molar-refractivity contribution in [2.75, 3.05) is 0 Å². The van der Waals surface area contributed by atoms with Gasteiger partial charge in [-0.1, -0.05) is 11.6 Å². The smallest absolute Gasteiger partial charge is 0.150 e. The summed E-state index contributed by atoms with van der Waals surface area (Å²) in [6.07, 6.45) is -1.39. The summed E-state index contributed by atoms with van der Waals surface area (Å²) in [5.74, 6) is -1.81. The zero-order valence-electron chi connectivity index (χ0n) is 7.47. The van der Waals surface area contributed by atoms with Gasteiger partial charge < -0.3 is 10.8 Å². The van der Waals surface area contributed by atoms with Crippen molar-refractivity contribution in [1.82, 2.24) is 0 Å². The van der Waals surface area contributed by atoms with Gasteiger partial charge in [0.2, 0.25) is 0 Å². The second-order valence-electron chi connectivity index (χ2n) is 3.06. The molecule has 0 aliphatic carbocycles. The van der Waals surface area contributed by atoms with Crippen molar-refractivity contribution in [1.29, 1.82) is 0 Å². The molecule has 0 radical (unpaired) electrons. The third-order valence-corrected chi connectivity index (χ3v) is 2.17. The molecule has 2 nitrogen and oxygen atoms in total. The van der Waals surface area contributed by atoms with Crippen LogP contribution in [0.1, 0.15) is 18.6 Å². The molecule has 0 bridgehead atoms. The van der Waals surface area contributed by atoms with E-state index in [0.29, 0.717) is 0 Å². The molecule has 78 valence electrons. The van der Waals surface area contributed by atoms with Crippen LogP contribution in [0.3, 0.4) is 0 Å². The van der Waals surface area contributed by atoms with E-state index in [9.17, 15) is 13.9 Å². The summed E-state index contributed by atoms with van der Waals surface area (Å²) in [4.78, 5) is 0. The Labute approximate surface area is 85.3 Å². The van der Waals surface area contributed by atoms with Crippen LogP contribution in [-0.2, 0) is 0 Å². The van der Waals surface area contributed by atoms with Gasteiger partial charge >= 0.3 is 0 Å². The first-order valence-electron chi connectivity index (χ1n) is 4.02. The molecule has 0 aliphatic rings. The summed E-state index contributed by atoms with van der Waals surface area (Å²) in [5, 5.41) is 9.19. The standard InChI is InChI=1S/C9H10ClF2NO/c1-4(13)9(14)7-6(11)3-2-5(10)8(7)12/h2-4,9,14H,13H2,1H3. The Kier molecular flexibility index (Phi) is 3.42. The van der Waals surface area contributed by atoms with E-state index < -0.39 is 29.3 Å². The van der Waals surface area contributed by atoms with Crippen molar-refractivity contribution in [2.24, 2.45) is 5.73 Å². The lowest BCUT2D eigenvalue weighted by molar-refractivity contribution is 0.144. The fourth-order valence-electron chi connectivity index (χ4n) is 1.08. The fourth-order valence-corrected chi connectivity index (χ4v) is 1.24. The summed E-state index contributed by atoms with van der Waals surface area (Å²) in [6, 6.07) is 1.31. The van der Waals surface area contributed by atoms with Gasteiger partial charge in [-0.25, -0.2) is 8.78 Å². The predicted octanol–water partition coefficient (Wildman–Crippen LogP) is 2.00. The first kappa shape index (κ1) is 11.4. The van der Waals surface area contributed by atoms with Gasteiger partial charge in [0.15, 0.2) is 5.82 Å². The van der Waals surface area contributed by atoms with Crippen molar-refractivity contribution >= 4 is 11.6 Å². The van der Waals surface area contributed by atoms with Crippen LogP contribution in [0.4, 0.5) is 8.78 Å². The highest BCUT2D eigenvalue weighted by molar-refractivity contribution is 6.30. The van der Waals surface area contributed by atoms with E-state index in [1.807, 2.05) is 0 Å². The molecular weight excluding hydrogens is 212 g/mol. The van der Waals surface area contributed by atoms with Crippen LogP contribution in [0.25, 0.3) is 0 Å². The highest BCUT2D eigenvalue weighted by Gasteiger charge is 2.22. The van der Waals surface area contributed by atoms with Gasteiger partial charge in [-0.05, 0) is 19.1 Å². The number of nitrogens with two attached hydrogens (primary N) is 1. The quantitative estimate of drug-likeness (QED) is 0.751. The predicted molar refractivity (Wildman–Crippen MR) is 50.0 cm³/mol. The molecule has 1 aromatic rings. The Morgan fingerprint density at radius 1 is 1.43 bits per heavy atom. The van der Waals surface area contributed by atoms with E-state index in [4.69, 9.17) is 17.3 Å². The lowest BCUT2D eigenvalue weighted by atomic mass is 10.0. The molecule has 2 unspecified atom stereocenters. The van der Waals surface area contributed by atoms with Crippen molar-refractivity contribution in [3.05, 3.63) is 34.4 Å². The molecule has 1 aromatic carbocycles. The molecule has 1 rings (SSSR count). The van der Waals surface area contributed by atoms with E-state index >= 15 is 0 Å². The average molecular weight is 222 g/mol. The molecule has 5 heteroatoms. The molecule has 0 spiro atoms. The van der Waals surface area contributed by atoms with E-state index in [1.165, 1.54) is 6.92 Å². The number of halogens is 3. The van der Waals surface area contributed by atoms with Crippen molar-refractivity contribution < 1.29 is 13.9 Å². The van der Waals surface area contributed by atoms with Crippen LogP contribution < -0.4 is 5.73 Å². The zero-order valence-corrected chi connectivity index (χ0v) is 8.22. The second kappa shape index (κ2) is 4.21. The normalized spacial score (nSPS) is 15.3. The molecule has 0 heterocycles. The molecule has 2 atom stereocenters. The van der Waals surface area contributed by atoms with Gasteiger partial charge in [-0.2, -0.15) is 0 Å². The van der Waals surface area contributed by atoms with Gasteiger partial charge in [0, 0.05) is 6.04 Å². The summed E-state index contributed by atoms with van der Waals surface area (Å²) in [7, 11) is 0. The van der Waals surface area contributed by atoms with Crippen molar-refractivity contribution in [3.8, 4) is 0 Å². The number of benzene rings is 1. The second-order valence-corrected chi connectivity index (χ2v) is 3.47. The van der Waals surface area contributed by atoms with Crippen LogP contribution >= 0.6 is 11.6 Å². The molecule has 3 N–H and O–H groups in total. The minimum Gasteiger partial charge on any atom is -0.387 e. The number of hydrogen-bond acceptors (Lipinski definition) is 2. The molecule has 0 saturated heterocycles. The van der Waals surface area contributed by atoms with Crippen LogP contribution in [-0.4, -0.2) is 11.1 Å². The molecule has 0 aliphatic heterocycles. The molecular formula is C9H10ClF2NO. The fraction of sp³-hybridized carbons (Fsp3) is 0.333. The minimum atomic E-state index is -1.39. The highest BCUT2D eigenvalue weighted by Crippen LogP contribution is 2.27. The molecule has 0 saturated carbocycles. The van der Waals surface area contributed by atoms with Gasteiger partial charge in [0.1, 0.15) is 5.82 Å². The largest absolute Gasteiger partial charge is 0.387 e. The van der Waals surface area contributed by atoms with Crippen LogP contribution in [0, 0.1) is 11.6 Å². The lowest BCUT2D eigenvalue weighted by Crippen LogP contribution is -2.26. The summed E-state index contributed by atoms with van der Waals surface area (Å²) in [5.41, 5.74) is 4.85. The summed E-state index contributed by atoms with van der Waals surface area (Å²) >= 11 is 5.44. The maximum Gasteiger partial charge on any atom is 0.150 e. The Morgan fingerprint density at radius 2 is 2.00 bits per heavy atom. The van der Waals surface area contributed by atoms with Crippen molar-refractivity contribution in [2.45, 2.75) is 19.1 Å². The number of hydrogen-bond donors (Lipinski definition) is 2. The Bertz CT molecular complexity index is 344. The van der Waals surface area contributed by atoms with Gasteiger partial charge in [0.25, 0.3) is 0 Å². The highest BCUT2D eigenvalue weighted by atomic mass is 35.5. The minimum absolute atomic E-state index is 0.235. The molecule has 0 aromatic heterocycles. The zero-order chi connectivity index (χ0) is 10.9. The SMILES string of the molecule is CC(N)C(O)c1c(F)ccc(Cl)c1F. The van der Waals surface area contributed by atoms with Crippen LogP contribution in [0.2, 0.25) is 5.02 Å². The number of aliphatic hydroxyl groups excluding tert-OH is 1. The lowest BCUT2D eigenvalue weighted by Gasteiger charge is -2.16. The Morgan fingerprint density at radius 3 is 2.50 bits per heavy atom. The third kappa shape index (κ3) is 2.03. The molecule has 0 amide bonds. The average Bonchev–Trinajstić information content (AvgIpc) is 2.12. The number of rotatable bonds is 2. The Hall–Kier alpha value is -0.710. The Balaban J connectivity index is 3.25. The van der Waals surface area contributed by atoms with Crippen molar-refractivity contribution in [3.63, 3.8) is 0 Å². The van der Waals surface area contributed by atoms with Crippen LogP contribution in [0.5, 0.6) is 0 Å². The molecule has 0 fully saturated rings. The first-order chi connectivity index (χ1) is 6.45. The van der Waals surface area contributed by atoms with Gasteiger partial charge in [-0.3, -0.25) is 0 Å². The van der Waals surface area contributed by atoms with Gasteiger partial charge in [-0.15, -0.1) is 0 Å². The number of aliphatic hydroxyl groups is 1. The van der Waals surface area contributed by atoms with Gasteiger partial charge in [0.05, 0.1) is 16.7 Å². The van der Waals surface area contributed by atoms with E-state index in [-0.39, 0.29) is 5.02 Å². The van der Waals surface area contributed by atoms with Crippen LogP contribution in [0.15, 0.2) is 12.1 Å². The monoisotopic (exact) mass is 221 g/mol. The summed E-state index contributed by atoms with van der Waals surface area (Å²) < 4.78 is 26.4. The first-order valence-corrected chi connectivity index (χ1v) is 4.40. The summed E-state index contributed by atoms with van der Waals surface area (Å²) in [6.45, 7) is 1.45. The maximum absolute atomic E-state index is 13.3. The van der Waals surface area contributed by atoms with E-state index in [1.54, 1.807) is 0 Å². The van der Waals surface area contributed by atoms with E-state index in [0.717, 1.165) is 12.1 Å². The topological polar surface area (TPSA) is 46.2 Å². The molecule has 14 heavy (non-hydrogen) atoms. The van der Waals surface area contributed by atoms with E-state index in [2.05, 4.69) is 0 Å². The maximum atomic E-state index is 13.3.